The zero-order valence-electron chi connectivity index (χ0n) is 14.2. The fraction of sp³-hybridized carbons (Fsp3) is 0.176. The van der Waals surface area contributed by atoms with Gasteiger partial charge < -0.3 is 10.6 Å². The van der Waals surface area contributed by atoms with Crippen LogP contribution >= 0.6 is 11.8 Å². The molecule has 0 radical (unpaired) electrons. The van der Waals surface area contributed by atoms with Gasteiger partial charge in [0.25, 0.3) is 5.69 Å². The quantitative estimate of drug-likeness (QED) is 0.307. The van der Waals surface area contributed by atoms with Gasteiger partial charge in [-0.05, 0) is 36.8 Å². The van der Waals surface area contributed by atoms with Crippen molar-refractivity contribution in [2.24, 2.45) is 0 Å². The summed E-state index contributed by atoms with van der Waals surface area (Å²) >= 11 is 1.37. The van der Waals surface area contributed by atoms with Gasteiger partial charge in [0.15, 0.2) is 5.82 Å². The van der Waals surface area contributed by atoms with E-state index in [0.29, 0.717) is 22.3 Å². The van der Waals surface area contributed by atoms with E-state index in [4.69, 9.17) is 10.6 Å². The number of methoxy groups -OCH3 is 1. The molecule has 0 amide bonds. The summed E-state index contributed by atoms with van der Waals surface area (Å²) in [6.07, 6.45) is 0. The van der Waals surface area contributed by atoms with Gasteiger partial charge in [0.05, 0.1) is 12.0 Å². The Morgan fingerprint density at radius 3 is 2.62 bits per heavy atom. The van der Waals surface area contributed by atoms with Crippen LogP contribution in [0.4, 0.5) is 5.69 Å². The summed E-state index contributed by atoms with van der Waals surface area (Å²) in [6, 6.07) is 12.4. The number of nitro groups is 1. The van der Waals surface area contributed by atoms with E-state index in [9.17, 15) is 10.1 Å². The number of hydrogen-bond donors (Lipinski definition) is 1. The highest BCUT2D eigenvalue weighted by Gasteiger charge is 2.16. The van der Waals surface area contributed by atoms with Crippen molar-refractivity contribution in [2.75, 3.05) is 13.0 Å². The third kappa shape index (κ3) is 3.47. The predicted molar refractivity (Wildman–Crippen MR) is 99.6 cm³/mol. The molecule has 0 bridgehead atoms. The smallest absolute Gasteiger partial charge is 0.272 e. The number of hydrogen-bond acceptors (Lipinski definition) is 7. The number of nitrogens with zero attached hydrogens (tertiary/aromatic N) is 4. The van der Waals surface area contributed by atoms with Crippen LogP contribution in [0.25, 0.3) is 11.4 Å². The minimum Gasteiger partial charge on any atom is -0.497 e. The number of nitrogen functional groups attached to an aromatic ring is 1. The van der Waals surface area contributed by atoms with Crippen LogP contribution < -0.4 is 10.6 Å². The SMILES string of the molecule is COc1ccc(-c2nnc(SCc3cccc([N+](=O)[O-])c3C)n2N)cc1. The van der Waals surface area contributed by atoms with Crippen molar-refractivity contribution in [2.45, 2.75) is 17.8 Å². The van der Waals surface area contributed by atoms with Crippen LogP contribution in [0.1, 0.15) is 11.1 Å². The van der Waals surface area contributed by atoms with Gasteiger partial charge in [0, 0.05) is 22.9 Å². The first kappa shape index (κ1) is 17.7. The van der Waals surface area contributed by atoms with Gasteiger partial charge in [-0.2, -0.15) is 0 Å². The molecule has 0 unspecified atom stereocenters. The summed E-state index contributed by atoms with van der Waals surface area (Å²) in [5.41, 5.74) is 2.43. The van der Waals surface area contributed by atoms with Crippen LogP contribution in [0.3, 0.4) is 0 Å². The maximum atomic E-state index is 11.1. The molecule has 3 rings (SSSR count). The molecule has 1 aromatic heterocycles. The number of thioether (sulfide) groups is 1. The first-order valence-corrected chi connectivity index (χ1v) is 8.70. The molecule has 8 nitrogen and oxygen atoms in total. The number of nitro benzene ring substituents is 1. The summed E-state index contributed by atoms with van der Waals surface area (Å²) < 4.78 is 6.56. The molecular formula is C17H17N5O3S. The Labute approximate surface area is 154 Å². The predicted octanol–water partition coefficient (Wildman–Crippen LogP) is 3.18. The molecule has 26 heavy (non-hydrogen) atoms. The molecule has 0 spiro atoms. The van der Waals surface area contributed by atoms with E-state index >= 15 is 0 Å². The van der Waals surface area contributed by atoms with E-state index in [-0.39, 0.29) is 10.6 Å². The molecule has 3 aromatic rings. The molecule has 0 atom stereocenters. The maximum Gasteiger partial charge on any atom is 0.272 e. The highest BCUT2D eigenvalue weighted by Crippen LogP contribution is 2.29. The molecule has 134 valence electrons. The molecule has 0 saturated heterocycles. The van der Waals surface area contributed by atoms with E-state index in [1.807, 2.05) is 30.3 Å². The summed E-state index contributed by atoms with van der Waals surface area (Å²) in [5.74, 6) is 7.90. The lowest BCUT2D eigenvalue weighted by Crippen LogP contribution is -2.11. The number of benzene rings is 2. The van der Waals surface area contributed by atoms with Gasteiger partial charge in [-0.1, -0.05) is 23.9 Å². The van der Waals surface area contributed by atoms with E-state index in [2.05, 4.69) is 10.2 Å². The lowest BCUT2D eigenvalue weighted by molar-refractivity contribution is -0.385. The Kier molecular flexibility index (Phi) is 5.08. The molecule has 2 N–H and O–H groups in total. The Balaban J connectivity index is 1.79. The molecule has 0 fully saturated rings. The van der Waals surface area contributed by atoms with Gasteiger partial charge in [0.1, 0.15) is 5.75 Å². The Morgan fingerprint density at radius 2 is 1.96 bits per heavy atom. The van der Waals surface area contributed by atoms with E-state index in [0.717, 1.165) is 16.9 Å². The van der Waals surface area contributed by atoms with Crippen molar-refractivity contribution in [1.82, 2.24) is 14.9 Å². The zero-order valence-corrected chi connectivity index (χ0v) is 15.1. The molecule has 0 saturated carbocycles. The topological polar surface area (TPSA) is 109 Å². The fourth-order valence-corrected chi connectivity index (χ4v) is 3.40. The van der Waals surface area contributed by atoms with Gasteiger partial charge in [-0.3, -0.25) is 10.1 Å². The summed E-state index contributed by atoms with van der Waals surface area (Å²) in [6.45, 7) is 1.74. The largest absolute Gasteiger partial charge is 0.497 e. The Hall–Kier alpha value is -3.07. The first-order chi connectivity index (χ1) is 12.5. The van der Waals surface area contributed by atoms with Crippen molar-refractivity contribution >= 4 is 17.4 Å². The van der Waals surface area contributed by atoms with E-state index in [1.165, 1.54) is 22.5 Å². The Bertz CT molecular complexity index is 940. The maximum absolute atomic E-state index is 11.1. The zero-order chi connectivity index (χ0) is 18.7. The fourth-order valence-electron chi connectivity index (χ4n) is 2.48. The second-order valence-electron chi connectivity index (χ2n) is 5.51. The second-order valence-corrected chi connectivity index (χ2v) is 6.45. The van der Waals surface area contributed by atoms with Crippen molar-refractivity contribution in [3.8, 4) is 17.1 Å². The number of aromatic nitrogens is 3. The molecule has 0 aliphatic rings. The highest BCUT2D eigenvalue weighted by atomic mass is 32.2. The summed E-state index contributed by atoms with van der Waals surface area (Å²) in [5, 5.41) is 19.8. The standard InChI is InChI=1S/C17H17N5O3S/c1-11-13(4-3-5-15(11)22(23)24)10-26-17-20-19-16(21(17)18)12-6-8-14(25-2)9-7-12/h3-9H,10,18H2,1-2H3. The van der Waals surface area contributed by atoms with E-state index in [1.54, 1.807) is 20.1 Å². The minimum atomic E-state index is -0.378. The third-order valence-electron chi connectivity index (χ3n) is 3.98. The van der Waals surface area contributed by atoms with Gasteiger partial charge in [-0.25, -0.2) is 4.68 Å². The molecule has 0 aliphatic carbocycles. The normalized spacial score (nSPS) is 10.7. The van der Waals surface area contributed by atoms with Gasteiger partial charge >= 0.3 is 0 Å². The number of ether oxygens (including phenoxy) is 1. The number of rotatable bonds is 6. The highest BCUT2D eigenvalue weighted by molar-refractivity contribution is 7.98. The van der Waals surface area contributed by atoms with Crippen molar-refractivity contribution in [3.63, 3.8) is 0 Å². The van der Waals surface area contributed by atoms with Crippen LogP contribution in [-0.4, -0.2) is 26.9 Å². The average Bonchev–Trinajstić information content (AvgIpc) is 3.01. The lowest BCUT2D eigenvalue weighted by Gasteiger charge is -2.07. The molecule has 9 heteroatoms. The van der Waals surface area contributed by atoms with Crippen LogP contribution in [0.2, 0.25) is 0 Å². The Morgan fingerprint density at radius 1 is 1.23 bits per heavy atom. The molecular weight excluding hydrogens is 354 g/mol. The van der Waals surface area contributed by atoms with Crippen molar-refractivity contribution < 1.29 is 9.66 Å². The monoisotopic (exact) mass is 371 g/mol. The van der Waals surface area contributed by atoms with Gasteiger partial charge in [-0.15, -0.1) is 10.2 Å². The van der Waals surface area contributed by atoms with Crippen molar-refractivity contribution in [1.29, 1.82) is 0 Å². The summed E-state index contributed by atoms with van der Waals surface area (Å²) in [4.78, 5) is 10.7. The summed E-state index contributed by atoms with van der Waals surface area (Å²) in [7, 11) is 1.60. The molecule has 0 aliphatic heterocycles. The van der Waals surface area contributed by atoms with Crippen LogP contribution in [0.5, 0.6) is 5.75 Å². The first-order valence-electron chi connectivity index (χ1n) is 7.72. The molecule has 2 aromatic carbocycles. The van der Waals surface area contributed by atoms with Gasteiger partial charge in [0.2, 0.25) is 5.16 Å². The van der Waals surface area contributed by atoms with E-state index < -0.39 is 0 Å². The number of nitrogens with two attached hydrogens (primary N) is 1. The molecule has 1 heterocycles. The van der Waals surface area contributed by atoms with Crippen LogP contribution in [-0.2, 0) is 5.75 Å². The van der Waals surface area contributed by atoms with Crippen molar-refractivity contribution in [3.05, 3.63) is 63.7 Å². The van der Waals surface area contributed by atoms with Crippen LogP contribution in [0.15, 0.2) is 47.6 Å². The average molecular weight is 371 g/mol. The third-order valence-corrected chi connectivity index (χ3v) is 4.98. The lowest BCUT2D eigenvalue weighted by atomic mass is 10.1. The van der Waals surface area contributed by atoms with Crippen LogP contribution in [0, 0.1) is 17.0 Å². The minimum absolute atomic E-state index is 0.108. The second kappa shape index (κ2) is 7.44.